The van der Waals surface area contributed by atoms with Gasteiger partial charge in [-0.2, -0.15) is 0 Å². The number of benzene rings is 2. The van der Waals surface area contributed by atoms with Crippen molar-refractivity contribution in [3.05, 3.63) is 59.7 Å². The summed E-state index contributed by atoms with van der Waals surface area (Å²) in [7, 11) is 5.38. The van der Waals surface area contributed by atoms with Crippen LogP contribution in [0.5, 0.6) is 0 Å². The van der Waals surface area contributed by atoms with Gasteiger partial charge in [0.2, 0.25) is 0 Å². The van der Waals surface area contributed by atoms with E-state index in [-0.39, 0.29) is 11.1 Å². The summed E-state index contributed by atoms with van der Waals surface area (Å²) in [6, 6.07) is 12.9. The van der Waals surface area contributed by atoms with Crippen LogP contribution in [0.4, 0.5) is 0 Å². The van der Waals surface area contributed by atoms with E-state index in [1.807, 2.05) is 0 Å². The molecule has 1 N–H and O–H groups in total. The number of quaternary nitrogens is 1. The molecule has 0 aliphatic rings. The number of carboxylic acid groups (broad SMARTS) is 2. The maximum atomic E-state index is 10.7. The Bertz CT molecular complexity index is 775. The highest BCUT2D eigenvalue weighted by molar-refractivity contribution is 8.76. The van der Waals surface area contributed by atoms with Crippen molar-refractivity contribution in [3.8, 4) is 0 Å². The standard InChI is InChI=1S/C14H10O4S2.C13H30N/c15-13(16)9-1-5-11(6-2-9)19-20-12-7-3-10(4-8-12)14(17)18;1-5-8-11-14(4,12-9-6-2)13-10-7-3/h1-8H,(H,15,16)(H,17,18);5-13H2,1-4H3/q;+1/p-1. The number of unbranched alkanes of at least 4 members (excludes halogenated alkanes) is 3. The lowest BCUT2D eigenvalue weighted by atomic mass is 10.2. The Kier molecular flexibility index (Phi) is 14.7. The predicted octanol–water partition coefficient (Wildman–Crippen LogP) is 6.38. The largest absolute Gasteiger partial charge is 0.545 e. The van der Waals surface area contributed by atoms with Crippen LogP contribution < -0.4 is 5.11 Å². The van der Waals surface area contributed by atoms with Gasteiger partial charge in [0.25, 0.3) is 0 Å². The average Bonchev–Trinajstić information content (AvgIpc) is 2.85. The highest BCUT2D eigenvalue weighted by atomic mass is 33.1. The fraction of sp³-hybridized carbons (Fsp3) is 0.481. The molecule has 0 unspecified atom stereocenters. The second-order valence-electron chi connectivity index (χ2n) is 8.66. The Hall–Kier alpha value is -1.96. The van der Waals surface area contributed by atoms with E-state index in [9.17, 15) is 14.7 Å². The number of carbonyl (C=O) groups excluding carboxylic acids is 1. The van der Waals surface area contributed by atoms with Crippen LogP contribution in [0.3, 0.4) is 0 Å². The van der Waals surface area contributed by atoms with Gasteiger partial charge in [0.1, 0.15) is 0 Å². The van der Waals surface area contributed by atoms with Crippen LogP contribution in [0.25, 0.3) is 0 Å². The number of carbonyl (C=O) groups is 2. The van der Waals surface area contributed by atoms with Crippen LogP contribution in [0.1, 0.15) is 80.0 Å². The van der Waals surface area contributed by atoms with E-state index in [0.717, 1.165) is 9.79 Å². The molecule has 188 valence electrons. The van der Waals surface area contributed by atoms with Gasteiger partial charge in [-0.05, 0) is 61.2 Å². The third-order valence-electron chi connectivity index (χ3n) is 5.58. The molecule has 0 heterocycles. The zero-order valence-corrected chi connectivity index (χ0v) is 22.6. The van der Waals surface area contributed by atoms with Crippen molar-refractivity contribution in [1.82, 2.24) is 0 Å². The number of hydrogen-bond donors (Lipinski definition) is 1. The first kappa shape index (κ1) is 30.1. The fourth-order valence-electron chi connectivity index (χ4n) is 3.35. The molecule has 7 heteroatoms. The summed E-state index contributed by atoms with van der Waals surface area (Å²) in [4.78, 5) is 23.1. The van der Waals surface area contributed by atoms with E-state index < -0.39 is 11.9 Å². The highest BCUT2D eigenvalue weighted by Gasteiger charge is 2.18. The minimum atomic E-state index is -1.20. The summed E-state index contributed by atoms with van der Waals surface area (Å²) in [6.45, 7) is 11.0. The molecule has 0 aliphatic carbocycles. The lowest BCUT2D eigenvalue weighted by Crippen LogP contribution is -2.46. The molecule has 0 amide bonds. The van der Waals surface area contributed by atoms with Crippen molar-refractivity contribution < 1.29 is 24.3 Å². The summed E-state index contributed by atoms with van der Waals surface area (Å²) in [5.41, 5.74) is 0.392. The van der Waals surface area contributed by atoms with Crippen LogP contribution in [0.2, 0.25) is 0 Å². The lowest BCUT2D eigenvalue weighted by Gasteiger charge is -2.34. The Morgan fingerprint density at radius 2 is 1.09 bits per heavy atom. The molecule has 0 spiro atoms. The molecular weight excluding hydrogens is 466 g/mol. The Morgan fingerprint density at radius 3 is 1.38 bits per heavy atom. The Balaban J connectivity index is 0.000000365. The minimum Gasteiger partial charge on any atom is -0.545 e. The van der Waals surface area contributed by atoms with Gasteiger partial charge in [-0.15, -0.1) is 0 Å². The molecule has 2 rings (SSSR count). The van der Waals surface area contributed by atoms with Crippen LogP contribution in [-0.4, -0.2) is 48.2 Å². The van der Waals surface area contributed by atoms with E-state index in [4.69, 9.17) is 5.11 Å². The highest BCUT2D eigenvalue weighted by Crippen LogP contribution is 2.37. The molecule has 2 aromatic carbocycles. The number of aromatic carboxylic acids is 2. The first-order valence-corrected chi connectivity index (χ1v) is 14.2. The molecule has 2 aromatic rings. The number of hydrogen-bond acceptors (Lipinski definition) is 5. The zero-order chi connectivity index (χ0) is 25.4. The lowest BCUT2D eigenvalue weighted by molar-refractivity contribution is -0.910. The molecule has 0 aliphatic heterocycles. The molecule has 0 saturated carbocycles. The predicted molar refractivity (Wildman–Crippen MR) is 141 cm³/mol. The van der Waals surface area contributed by atoms with Gasteiger partial charge < -0.3 is 19.5 Å². The van der Waals surface area contributed by atoms with E-state index >= 15 is 0 Å². The van der Waals surface area contributed by atoms with Gasteiger partial charge in [-0.3, -0.25) is 0 Å². The number of rotatable bonds is 14. The van der Waals surface area contributed by atoms with Gasteiger partial charge in [-0.1, -0.05) is 73.8 Å². The third-order valence-corrected chi connectivity index (χ3v) is 8.00. The van der Waals surface area contributed by atoms with Crippen LogP contribution in [0.15, 0.2) is 58.3 Å². The minimum absolute atomic E-state index is 0.144. The van der Waals surface area contributed by atoms with Crippen molar-refractivity contribution in [2.45, 2.75) is 69.1 Å². The molecular formula is C27H39NO4S2. The van der Waals surface area contributed by atoms with E-state index in [2.05, 4.69) is 27.8 Å². The van der Waals surface area contributed by atoms with E-state index in [1.54, 1.807) is 36.4 Å². The molecule has 0 saturated heterocycles. The van der Waals surface area contributed by atoms with E-state index in [0.29, 0.717) is 0 Å². The molecule has 0 bridgehead atoms. The number of nitrogens with zero attached hydrogens (tertiary/aromatic N) is 1. The van der Waals surface area contributed by atoms with E-state index in [1.165, 1.54) is 96.4 Å². The summed E-state index contributed by atoms with van der Waals surface area (Å²) >= 11 is 0. The molecule has 0 fully saturated rings. The summed E-state index contributed by atoms with van der Waals surface area (Å²) in [5.74, 6) is -2.15. The molecule has 0 atom stereocenters. The first-order valence-electron chi connectivity index (χ1n) is 12.1. The van der Waals surface area contributed by atoms with Crippen LogP contribution in [-0.2, 0) is 0 Å². The molecule has 34 heavy (non-hydrogen) atoms. The van der Waals surface area contributed by atoms with Crippen LogP contribution in [0, 0.1) is 0 Å². The molecule has 5 nitrogen and oxygen atoms in total. The van der Waals surface area contributed by atoms with Crippen LogP contribution >= 0.6 is 21.6 Å². The van der Waals surface area contributed by atoms with Crippen molar-refractivity contribution in [2.24, 2.45) is 0 Å². The van der Waals surface area contributed by atoms with Gasteiger partial charge in [0, 0.05) is 9.79 Å². The third kappa shape index (κ3) is 12.0. The monoisotopic (exact) mass is 505 g/mol. The second kappa shape index (κ2) is 16.6. The molecule has 0 radical (unpaired) electrons. The summed E-state index contributed by atoms with van der Waals surface area (Å²) in [5, 5.41) is 19.4. The Morgan fingerprint density at radius 1 is 0.735 bits per heavy atom. The van der Waals surface area contributed by atoms with Crippen molar-refractivity contribution in [2.75, 3.05) is 26.7 Å². The first-order chi connectivity index (χ1) is 16.2. The zero-order valence-electron chi connectivity index (χ0n) is 20.9. The average molecular weight is 506 g/mol. The quantitative estimate of drug-likeness (QED) is 0.237. The van der Waals surface area contributed by atoms with Crippen molar-refractivity contribution in [1.29, 1.82) is 0 Å². The van der Waals surface area contributed by atoms with Crippen molar-refractivity contribution in [3.63, 3.8) is 0 Å². The summed E-state index contributed by atoms with van der Waals surface area (Å²) < 4.78 is 1.32. The summed E-state index contributed by atoms with van der Waals surface area (Å²) in [6.07, 6.45) is 8.20. The fourth-order valence-corrected chi connectivity index (χ4v) is 5.28. The van der Waals surface area contributed by atoms with Gasteiger partial charge in [0.15, 0.2) is 0 Å². The van der Waals surface area contributed by atoms with Gasteiger partial charge >= 0.3 is 5.97 Å². The second-order valence-corrected chi connectivity index (χ2v) is 10.9. The number of carboxylic acids is 2. The Labute approximate surface area is 212 Å². The van der Waals surface area contributed by atoms with Gasteiger partial charge in [-0.25, -0.2) is 4.79 Å². The SMILES string of the molecule is CCCC[N+](C)(CCCC)CCCC.O=C([O-])c1ccc(SSc2ccc(C(=O)O)cc2)cc1. The normalized spacial score (nSPS) is 10.9. The molecule has 0 aromatic heterocycles. The smallest absolute Gasteiger partial charge is 0.335 e. The van der Waals surface area contributed by atoms with Crippen molar-refractivity contribution >= 4 is 33.5 Å². The maximum absolute atomic E-state index is 10.7. The van der Waals surface area contributed by atoms with Gasteiger partial charge in [0.05, 0.1) is 38.2 Å². The maximum Gasteiger partial charge on any atom is 0.335 e. The topological polar surface area (TPSA) is 77.4 Å².